The van der Waals surface area contributed by atoms with Gasteiger partial charge in [0, 0.05) is 19.7 Å². The van der Waals surface area contributed by atoms with E-state index in [4.69, 9.17) is 9.47 Å². The van der Waals surface area contributed by atoms with E-state index in [0.717, 1.165) is 39.3 Å². The van der Waals surface area contributed by atoms with Crippen LogP contribution in [0.5, 0.6) is 0 Å². The maximum atomic E-state index is 6.08. The maximum Gasteiger partial charge on any atom is 0.0828 e. The molecule has 1 saturated heterocycles. The Bertz CT molecular complexity index is 415. The van der Waals surface area contributed by atoms with E-state index in [1.165, 1.54) is 30.4 Å². The van der Waals surface area contributed by atoms with Crippen LogP contribution in [-0.4, -0.2) is 32.9 Å². The van der Waals surface area contributed by atoms with Gasteiger partial charge in [0.15, 0.2) is 0 Å². The summed E-state index contributed by atoms with van der Waals surface area (Å²) < 4.78 is 11.5. The van der Waals surface area contributed by atoms with Gasteiger partial charge in [0.2, 0.25) is 0 Å². The van der Waals surface area contributed by atoms with Crippen LogP contribution in [0.2, 0.25) is 0 Å². The fourth-order valence-electron chi connectivity index (χ4n) is 3.21. The minimum atomic E-state index is 0.302. The molecule has 1 aromatic rings. The molecule has 3 nitrogen and oxygen atoms in total. The van der Waals surface area contributed by atoms with E-state index in [9.17, 15) is 0 Å². The summed E-state index contributed by atoms with van der Waals surface area (Å²) in [7, 11) is 0. The second-order valence-corrected chi connectivity index (χ2v) is 5.88. The third-order valence-electron chi connectivity index (χ3n) is 4.37. The Morgan fingerprint density at radius 2 is 2.20 bits per heavy atom. The summed E-state index contributed by atoms with van der Waals surface area (Å²) >= 11 is 0. The van der Waals surface area contributed by atoms with Crippen molar-refractivity contribution in [2.45, 2.75) is 31.8 Å². The zero-order valence-corrected chi connectivity index (χ0v) is 12.1. The lowest BCUT2D eigenvalue weighted by atomic mass is 9.89. The number of nitrogens with one attached hydrogen (secondary N) is 1. The third-order valence-corrected chi connectivity index (χ3v) is 4.37. The van der Waals surface area contributed by atoms with Gasteiger partial charge in [-0.2, -0.15) is 0 Å². The van der Waals surface area contributed by atoms with Crippen LogP contribution < -0.4 is 5.32 Å². The summed E-state index contributed by atoms with van der Waals surface area (Å²) in [6, 6.07) is 8.72. The van der Waals surface area contributed by atoms with Crippen molar-refractivity contribution in [1.82, 2.24) is 5.32 Å². The van der Waals surface area contributed by atoms with Gasteiger partial charge in [0.1, 0.15) is 0 Å². The Hall–Kier alpha value is -0.900. The molecule has 1 N–H and O–H groups in total. The van der Waals surface area contributed by atoms with Crippen molar-refractivity contribution in [1.29, 1.82) is 0 Å². The highest BCUT2D eigenvalue weighted by Crippen LogP contribution is 2.31. The minimum Gasteiger partial charge on any atom is -0.381 e. The molecule has 2 atom stereocenters. The van der Waals surface area contributed by atoms with Crippen molar-refractivity contribution >= 4 is 0 Å². The lowest BCUT2D eigenvalue weighted by molar-refractivity contribution is 0.0423. The van der Waals surface area contributed by atoms with Crippen molar-refractivity contribution < 1.29 is 9.47 Å². The predicted molar refractivity (Wildman–Crippen MR) is 79.9 cm³/mol. The number of benzene rings is 1. The highest BCUT2D eigenvalue weighted by atomic mass is 16.5. The number of fused-ring (bicyclic) bond motifs is 1. The van der Waals surface area contributed by atoms with E-state index >= 15 is 0 Å². The molecular weight excluding hydrogens is 250 g/mol. The Balaban J connectivity index is 1.38. The first kappa shape index (κ1) is 14.1. The topological polar surface area (TPSA) is 30.5 Å². The molecule has 110 valence electrons. The molecule has 1 aliphatic heterocycles. The summed E-state index contributed by atoms with van der Waals surface area (Å²) in [6.45, 7) is 4.65. The molecule has 3 heteroatoms. The lowest BCUT2D eigenvalue weighted by Gasteiger charge is -2.25. The third kappa shape index (κ3) is 3.60. The number of aryl methyl sites for hydroxylation is 1. The van der Waals surface area contributed by atoms with Gasteiger partial charge in [0.25, 0.3) is 0 Å². The summed E-state index contributed by atoms with van der Waals surface area (Å²) in [5, 5.41) is 3.49. The molecule has 1 aliphatic carbocycles. The molecule has 1 heterocycles. The SMILES string of the molecule is c1ccc2c(c1)CCCC2OCCNCC1CCOC1. The largest absolute Gasteiger partial charge is 0.381 e. The molecule has 0 radical (unpaired) electrons. The molecule has 2 unspecified atom stereocenters. The van der Waals surface area contributed by atoms with Crippen LogP contribution in [0.1, 0.15) is 36.5 Å². The first-order valence-corrected chi connectivity index (χ1v) is 7.91. The van der Waals surface area contributed by atoms with Crippen molar-refractivity contribution in [2.75, 3.05) is 32.9 Å². The van der Waals surface area contributed by atoms with E-state index in [1.807, 2.05) is 0 Å². The summed E-state index contributed by atoms with van der Waals surface area (Å²) in [5.41, 5.74) is 2.88. The second kappa shape index (κ2) is 7.21. The molecule has 0 bridgehead atoms. The van der Waals surface area contributed by atoms with Crippen LogP contribution in [0.25, 0.3) is 0 Å². The fourth-order valence-corrected chi connectivity index (χ4v) is 3.21. The molecule has 2 aliphatic rings. The van der Waals surface area contributed by atoms with E-state index < -0.39 is 0 Å². The molecule has 0 saturated carbocycles. The van der Waals surface area contributed by atoms with Gasteiger partial charge in [-0.05, 0) is 42.7 Å². The molecule has 1 fully saturated rings. The van der Waals surface area contributed by atoms with E-state index in [1.54, 1.807) is 0 Å². The number of rotatable bonds is 6. The minimum absolute atomic E-state index is 0.302. The Morgan fingerprint density at radius 1 is 1.25 bits per heavy atom. The highest BCUT2D eigenvalue weighted by Gasteiger charge is 2.20. The number of ether oxygens (including phenoxy) is 2. The first-order chi connectivity index (χ1) is 9.93. The zero-order valence-electron chi connectivity index (χ0n) is 12.1. The Morgan fingerprint density at radius 3 is 3.10 bits per heavy atom. The van der Waals surface area contributed by atoms with Crippen molar-refractivity contribution in [2.24, 2.45) is 5.92 Å². The molecule has 0 spiro atoms. The Labute approximate surface area is 121 Å². The quantitative estimate of drug-likeness (QED) is 0.810. The second-order valence-electron chi connectivity index (χ2n) is 5.88. The number of hydrogen-bond donors (Lipinski definition) is 1. The first-order valence-electron chi connectivity index (χ1n) is 7.91. The van der Waals surface area contributed by atoms with Crippen molar-refractivity contribution in [3.05, 3.63) is 35.4 Å². The van der Waals surface area contributed by atoms with E-state index in [0.29, 0.717) is 12.0 Å². The van der Waals surface area contributed by atoms with Crippen LogP contribution in [0, 0.1) is 5.92 Å². The van der Waals surface area contributed by atoms with Crippen LogP contribution in [0.4, 0.5) is 0 Å². The van der Waals surface area contributed by atoms with Crippen LogP contribution >= 0.6 is 0 Å². The average Bonchev–Trinajstić information content (AvgIpc) is 3.00. The molecule has 0 aromatic heterocycles. The highest BCUT2D eigenvalue weighted by molar-refractivity contribution is 5.31. The summed E-state index contributed by atoms with van der Waals surface area (Å²) in [6.07, 6.45) is 5.11. The van der Waals surface area contributed by atoms with Gasteiger partial charge in [-0.3, -0.25) is 0 Å². The molecule has 20 heavy (non-hydrogen) atoms. The van der Waals surface area contributed by atoms with Crippen molar-refractivity contribution in [3.8, 4) is 0 Å². The maximum absolute atomic E-state index is 6.08. The van der Waals surface area contributed by atoms with Gasteiger partial charge < -0.3 is 14.8 Å². The average molecular weight is 275 g/mol. The van der Waals surface area contributed by atoms with Crippen LogP contribution in [0.15, 0.2) is 24.3 Å². The van der Waals surface area contributed by atoms with Crippen molar-refractivity contribution in [3.63, 3.8) is 0 Å². The molecule has 3 rings (SSSR count). The fraction of sp³-hybridized carbons (Fsp3) is 0.647. The van der Waals surface area contributed by atoms with E-state index in [-0.39, 0.29) is 0 Å². The molecular formula is C17H25NO2. The van der Waals surface area contributed by atoms with Gasteiger partial charge in [-0.1, -0.05) is 24.3 Å². The number of hydrogen-bond acceptors (Lipinski definition) is 3. The van der Waals surface area contributed by atoms with Gasteiger partial charge in [-0.25, -0.2) is 0 Å². The predicted octanol–water partition coefficient (Wildman–Crippen LogP) is 2.71. The standard InChI is InChI=1S/C17H25NO2/c1-2-6-16-15(4-1)5-3-7-17(16)20-11-9-18-12-14-8-10-19-13-14/h1-2,4,6,14,17-18H,3,5,7-13H2. The molecule has 0 amide bonds. The van der Waals surface area contributed by atoms with E-state index in [2.05, 4.69) is 29.6 Å². The monoisotopic (exact) mass is 275 g/mol. The summed E-state index contributed by atoms with van der Waals surface area (Å²) in [5.74, 6) is 0.699. The normalized spacial score (nSPS) is 25.6. The lowest BCUT2D eigenvalue weighted by Crippen LogP contribution is -2.27. The molecule has 1 aromatic carbocycles. The van der Waals surface area contributed by atoms with Gasteiger partial charge in [-0.15, -0.1) is 0 Å². The zero-order chi connectivity index (χ0) is 13.6. The van der Waals surface area contributed by atoms with Crippen LogP contribution in [-0.2, 0) is 15.9 Å². The summed E-state index contributed by atoms with van der Waals surface area (Å²) in [4.78, 5) is 0. The van der Waals surface area contributed by atoms with Crippen LogP contribution in [0.3, 0.4) is 0 Å². The Kier molecular flexibility index (Phi) is 5.06. The van der Waals surface area contributed by atoms with Gasteiger partial charge >= 0.3 is 0 Å². The smallest absolute Gasteiger partial charge is 0.0828 e. The van der Waals surface area contributed by atoms with Gasteiger partial charge in [0.05, 0.1) is 19.3 Å².